The number of anilines is 1. The number of carbonyl (C=O) groups is 1. The number of benzene rings is 1. The highest BCUT2D eigenvalue weighted by Crippen LogP contribution is 2.22. The number of nitrogens with one attached hydrogen (secondary N) is 1. The van der Waals surface area contributed by atoms with Crippen LogP contribution in [0, 0.1) is 5.92 Å². The van der Waals surface area contributed by atoms with E-state index in [1.54, 1.807) is 0 Å². The van der Waals surface area contributed by atoms with Crippen LogP contribution in [0.1, 0.15) is 32.3 Å². The first-order valence-corrected chi connectivity index (χ1v) is 7.31. The molecule has 0 saturated carbocycles. The normalized spacial score (nSPS) is 18.8. The maximum absolute atomic E-state index is 11.0. The van der Waals surface area contributed by atoms with E-state index in [4.69, 9.17) is 0 Å². The Morgan fingerprint density at radius 2 is 1.95 bits per heavy atom. The molecule has 2 rings (SSSR count). The molecule has 1 heterocycles. The fourth-order valence-electron chi connectivity index (χ4n) is 2.75. The van der Waals surface area contributed by atoms with E-state index in [0.717, 1.165) is 38.2 Å². The summed E-state index contributed by atoms with van der Waals surface area (Å²) in [7, 11) is 0. The van der Waals surface area contributed by atoms with Gasteiger partial charge in [-0.2, -0.15) is 0 Å². The van der Waals surface area contributed by atoms with Gasteiger partial charge in [-0.3, -0.25) is 9.69 Å². The van der Waals surface area contributed by atoms with Crippen LogP contribution in [0.25, 0.3) is 0 Å². The van der Waals surface area contributed by atoms with E-state index in [0.29, 0.717) is 5.92 Å². The fraction of sp³-hybridized carbons (Fsp3) is 0.562. The number of aliphatic hydroxyl groups excluding tert-OH is 1. The second-order valence-corrected chi connectivity index (χ2v) is 5.73. The summed E-state index contributed by atoms with van der Waals surface area (Å²) in [5.74, 6) is 0.409. The molecule has 0 aliphatic carbocycles. The van der Waals surface area contributed by atoms with Crippen LogP contribution in [-0.2, 0) is 11.3 Å². The zero-order valence-corrected chi connectivity index (χ0v) is 12.3. The molecule has 0 spiro atoms. The lowest BCUT2D eigenvalue weighted by Gasteiger charge is -2.33. The zero-order valence-electron chi connectivity index (χ0n) is 12.3. The zero-order chi connectivity index (χ0) is 14.5. The molecule has 2 N–H and O–H groups in total. The van der Waals surface area contributed by atoms with Gasteiger partial charge in [0.2, 0.25) is 5.91 Å². The van der Waals surface area contributed by atoms with Crippen LogP contribution in [0.5, 0.6) is 0 Å². The van der Waals surface area contributed by atoms with E-state index < -0.39 is 0 Å². The molecular weight excluding hydrogens is 252 g/mol. The molecule has 0 radical (unpaired) electrons. The maximum Gasteiger partial charge on any atom is 0.221 e. The second kappa shape index (κ2) is 6.86. The molecule has 1 atom stereocenters. The number of piperidine rings is 1. The van der Waals surface area contributed by atoms with E-state index in [1.807, 2.05) is 19.1 Å². The molecule has 20 heavy (non-hydrogen) atoms. The summed E-state index contributed by atoms with van der Waals surface area (Å²) >= 11 is 0. The first-order valence-electron chi connectivity index (χ1n) is 7.31. The highest BCUT2D eigenvalue weighted by molar-refractivity contribution is 5.88. The Morgan fingerprint density at radius 3 is 2.45 bits per heavy atom. The molecule has 1 amide bonds. The molecule has 1 saturated heterocycles. The van der Waals surface area contributed by atoms with Gasteiger partial charge in [0.05, 0.1) is 6.10 Å². The van der Waals surface area contributed by atoms with Gasteiger partial charge in [-0.05, 0) is 56.5 Å². The van der Waals surface area contributed by atoms with E-state index >= 15 is 0 Å². The minimum Gasteiger partial charge on any atom is -0.393 e. The van der Waals surface area contributed by atoms with Crippen LogP contribution < -0.4 is 5.32 Å². The molecule has 110 valence electrons. The number of likely N-dealkylation sites (tertiary alicyclic amines) is 1. The third-order valence-electron chi connectivity index (χ3n) is 3.99. The van der Waals surface area contributed by atoms with Crippen molar-refractivity contribution in [1.29, 1.82) is 0 Å². The lowest BCUT2D eigenvalue weighted by atomic mass is 9.92. The average molecular weight is 276 g/mol. The molecule has 4 nitrogen and oxygen atoms in total. The van der Waals surface area contributed by atoms with Crippen LogP contribution in [0.3, 0.4) is 0 Å². The molecule has 4 heteroatoms. The van der Waals surface area contributed by atoms with Crippen molar-refractivity contribution in [3.63, 3.8) is 0 Å². The third-order valence-corrected chi connectivity index (χ3v) is 3.99. The van der Waals surface area contributed by atoms with Gasteiger partial charge in [0.15, 0.2) is 0 Å². The van der Waals surface area contributed by atoms with Crippen molar-refractivity contribution in [3.8, 4) is 0 Å². The van der Waals surface area contributed by atoms with Crippen LogP contribution in [0.4, 0.5) is 5.69 Å². The Balaban J connectivity index is 1.83. The first kappa shape index (κ1) is 15.0. The molecule has 1 aromatic rings. The highest BCUT2D eigenvalue weighted by Gasteiger charge is 2.22. The van der Waals surface area contributed by atoms with E-state index in [9.17, 15) is 9.90 Å². The summed E-state index contributed by atoms with van der Waals surface area (Å²) in [5, 5.41) is 12.4. The molecule has 1 unspecified atom stereocenters. The Kier molecular flexibility index (Phi) is 5.15. The van der Waals surface area contributed by atoms with Crippen molar-refractivity contribution in [1.82, 2.24) is 4.90 Å². The van der Waals surface area contributed by atoms with Crippen molar-refractivity contribution < 1.29 is 9.90 Å². The maximum atomic E-state index is 11.0. The second-order valence-electron chi connectivity index (χ2n) is 5.73. The number of hydrogen-bond donors (Lipinski definition) is 2. The van der Waals surface area contributed by atoms with Crippen LogP contribution in [-0.4, -0.2) is 35.1 Å². The number of aliphatic hydroxyl groups is 1. The summed E-state index contributed by atoms with van der Waals surface area (Å²) in [6, 6.07) is 8.01. The van der Waals surface area contributed by atoms with Crippen molar-refractivity contribution in [2.75, 3.05) is 18.4 Å². The average Bonchev–Trinajstić information content (AvgIpc) is 2.41. The number of hydrogen-bond acceptors (Lipinski definition) is 3. The summed E-state index contributed by atoms with van der Waals surface area (Å²) in [5.41, 5.74) is 2.10. The molecule has 0 aromatic heterocycles. The monoisotopic (exact) mass is 276 g/mol. The lowest BCUT2D eigenvalue weighted by Crippen LogP contribution is -2.36. The molecule has 1 aromatic carbocycles. The van der Waals surface area contributed by atoms with Crippen molar-refractivity contribution in [2.24, 2.45) is 5.92 Å². The summed E-state index contributed by atoms with van der Waals surface area (Å²) in [4.78, 5) is 13.4. The fourth-order valence-corrected chi connectivity index (χ4v) is 2.75. The quantitative estimate of drug-likeness (QED) is 0.886. The predicted octanol–water partition coefficient (Wildman–Crippen LogP) is 2.24. The molecule has 1 aliphatic rings. The van der Waals surface area contributed by atoms with Gasteiger partial charge < -0.3 is 10.4 Å². The third kappa shape index (κ3) is 4.32. The molecule has 1 aliphatic heterocycles. The highest BCUT2D eigenvalue weighted by atomic mass is 16.3. The van der Waals surface area contributed by atoms with Gasteiger partial charge in [0.25, 0.3) is 0 Å². The largest absolute Gasteiger partial charge is 0.393 e. The van der Waals surface area contributed by atoms with Crippen molar-refractivity contribution >= 4 is 11.6 Å². The van der Waals surface area contributed by atoms with E-state index in [2.05, 4.69) is 22.3 Å². The number of carbonyl (C=O) groups excluding carboxylic acids is 1. The smallest absolute Gasteiger partial charge is 0.221 e. The lowest BCUT2D eigenvalue weighted by molar-refractivity contribution is -0.114. The predicted molar refractivity (Wildman–Crippen MR) is 80.4 cm³/mol. The minimum absolute atomic E-state index is 0.0436. The van der Waals surface area contributed by atoms with Crippen LogP contribution in [0.2, 0.25) is 0 Å². The Bertz CT molecular complexity index is 434. The summed E-state index contributed by atoms with van der Waals surface area (Å²) in [6.07, 6.45) is 1.96. The molecule has 1 fully saturated rings. The standard InChI is InChI=1S/C16H24N2O2/c1-12(19)15-7-9-18(10-8-15)11-14-3-5-16(6-4-14)17-13(2)20/h3-6,12,15,19H,7-11H2,1-2H3,(H,17,20). The Morgan fingerprint density at radius 1 is 1.35 bits per heavy atom. The number of rotatable bonds is 4. The first-order chi connectivity index (χ1) is 9.54. The number of amides is 1. The minimum atomic E-state index is -0.186. The van der Waals surface area contributed by atoms with Gasteiger partial charge in [-0.15, -0.1) is 0 Å². The van der Waals surface area contributed by atoms with Gasteiger partial charge in [0.1, 0.15) is 0 Å². The van der Waals surface area contributed by atoms with Gasteiger partial charge in [0, 0.05) is 19.2 Å². The number of nitrogens with zero attached hydrogens (tertiary/aromatic N) is 1. The van der Waals surface area contributed by atoms with Crippen LogP contribution in [0.15, 0.2) is 24.3 Å². The van der Waals surface area contributed by atoms with Crippen molar-refractivity contribution in [3.05, 3.63) is 29.8 Å². The Labute approximate surface area is 120 Å². The van der Waals surface area contributed by atoms with Gasteiger partial charge in [-0.25, -0.2) is 0 Å². The van der Waals surface area contributed by atoms with Crippen LogP contribution >= 0.6 is 0 Å². The van der Waals surface area contributed by atoms with Crippen molar-refractivity contribution in [2.45, 2.75) is 39.3 Å². The molecule has 0 bridgehead atoms. The van der Waals surface area contributed by atoms with E-state index in [-0.39, 0.29) is 12.0 Å². The topological polar surface area (TPSA) is 52.6 Å². The van der Waals surface area contributed by atoms with Gasteiger partial charge >= 0.3 is 0 Å². The molecular formula is C16H24N2O2. The summed E-state index contributed by atoms with van der Waals surface area (Å²) in [6.45, 7) is 6.43. The Hall–Kier alpha value is -1.39. The van der Waals surface area contributed by atoms with E-state index in [1.165, 1.54) is 12.5 Å². The summed E-state index contributed by atoms with van der Waals surface area (Å²) < 4.78 is 0. The SMILES string of the molecule is CC(=O)Nc1ccc(CN2CCC(C(C)O)CC2)cc1. The van der Waals surface area contributed by atoms with Gasteiger partial charge in [-0.1, -0.05) is 12.1 Å².